The summed E-state index contributed by atoms with van der Waals surface area (Å²) in [6.07, 6.45) is 1.73. The summed E-state index contributed by atoms with van der Waals surface area (Å²) in [6, 6.07) is 14.3. The first-order valence-corrected chi connectivity index (χ1v) is 10.2. The fourth-order valence-corrected chi connectivity index (χ4v) is 4.31. The Morgan fingerprint density at radius 3 is 2.47 bits per heavy atom. The van der Waals surface area contributed by atoms with Gasteiger partial charge in [0.05, 0.1) is 22.8 Å². The van der Waals surface area contributed by atoms with E-state index in [9.17, 15) is 18.7 Å². The molecule has 0 bridgehead atoms. The first-order valence-electron chi connectivity index (χ1n) is 10.2. The number of carbonyl (C=O) groups is 1. The molecule has 32 heavy (non-hydrogen) atoms. The highest BCUT2D eigenvalue weighted by molar-refractivity contribution is 6.06. The highest BCUT2D eigenvalue weighted by Gasteiger charge is 2.24. The van der Waals surface area contributed by atoms with Crippen LogP contribution in [-0.4, -0.2) is 25.8 Å². The average Bonchev–Trinajstić information content (AvgIpc) is 3.34. The second kappa shape index (κ2) is 7.30. The fourth-order valence-electron chi connectivity index (χ4n) is 4.31. The minimum absolute atomic E-state index is 0.0288. The molecule has 0 aliphatic heterocycles. The molecule has 0 saturated heterocycles. The van der Waals surface area contributed by atoms with Crippen molar-refractivity contribution in [3.63, 3.8) is 0 Å². The highest BCUT2D eigenvalue weighted by atomic mass is 19.1. The lowest BCUT2D eigenvalue weighted by Gasteiger charge is -2.16. The van der Waals surface area contributed by atoms with Gasteiger partial charge in [-0.2, -0.15) is 5.10 Å². The number of aromatic amines is 1. The number of rotatable bonds is 4. The number of fused-ring (bicyclic) bond motifs is 2. The zero-order valence-corrected chi connectivity index (χ0v) is 17.4. The molecule has 0 spiro atoms. The number of nitrogens with one attached hydrogen (secondary N) is 1. The lowest BCUT2D eigenvalue weighted by Crippen LogP contribution is -2.04. The van der Waals surface area contributed by atoms with Crippen molar-refractivity contribution in [3.05, 3.63) is 83.7 Å². The largest absolute Gasteiger partial charge is 0.478 e. The standard InChI is InChI=1S/C25H19F2N3O2/c1-13(2)24-23(14-3-8-18(25(31)32)20(27)9-14)19-11-21-15(12-28-29-21)10-22(19)30(24)17-6-4-16(26)5-7-17/h3-13H,1-2H3,(H,28,29)(H,31,32). The van der Waals surface area contributed by atoms with Crippen LogP contribution in [0.3, 0.4) is 0 Å². The van der Waals surface area contributed by atoms with Gasteiger partial charge in [-0.15, -0.1) is 0 Å². The molecule has 5 rings (SSSR count). The van der Waals surface area contributed by atoms with E-state index in [0.29, 0.717) is 5.56 Å². The van der Waals surface area contributed by atoms with Gasteiger partial charge in [-0.05, 0) is 60.0 Å². The molecule has 2 aromatic heterocycles. The number of aromatic nitrogens is 3. The molecule has 5 aromatic rings. The van der Waals surface area contributed by atoms with Crippen LogP contribution < -0.4 is 0 Å². The van der Waals surface area contributed by atoms with Gasteiger partial charge >= 0.3 is 5.97 Å². The van der Waals surface area contributed by atoms with Crippen molar-refractivity contribution in [1.29, 1.82) is 0 Å². The van der Waals surface area contributed by atoms with Gasteiger partial charge in [0.1, 0.15) is 11.6 Å². The zero-order chi connectivity index (χ0) is 22.6. The van der Waals surface area contributed by atoms with Crippen LogP contribution in [0.2, 0.25) is 0 Å². The Bertz CT molecular complexity index is 1500. The molecule has 0 amide bonds. The van der Waals surface area contributed by atoms with E-state index in [-0.39, 0.29) is 17.3 Å². The molecule has 0 aliphatic carbocycles. The van der Waals surface area contributed by atoms with Gasteiger partial charge in [-0.1, -0.05) is 19.9 Å². The van der Waals surface area contributed by atoms with E-state index < -0.39 is 11.8 Å². The summed E-state index contributed by atoms with van der Waals surface area (Å²) in [5, 5.41) is 18.1. The van der Waals surface area contributed by atoms with E-state index in [1.54, 1.807) is 24.4 Å². The molecule has 0 radical (unpaired) electrons. The quantitative estimate of drug-likeness (QED) is 0.352. The van der Waals surface area contributed by atoms with Gasteiger partial charge < -0.3 is 9.67 Å². The molecule has 160 valence electrons. The van der Waals surface area contributed by atoms with Crippen molar-refractivity contribution in [3.8, 4) is 16.8 Å². The van der Waals surface area contributed by atoms with Crippen LogP contribution in [0.25, 0.3) is 38.6 Å². The molecule has 0 fully saturated rings. The van der Waals surface area contributed by atoms with Crippen molar-refractivity contribution in [1.82, 2.24) is 14.8 Å². The molecule has 5 nitrogen and oxygen atoms in total. The Labute approximate surface area is 181 Å². The van der Waals surface area contributed by atoms with E-state index in [1.165, 1.54) is 24.3 Å². The molecule has 0 atom stereocenters. The average molecular weight is 431 g/mol. The Balaban J connectivity index is 1.91. The van der Waals surface area contributed by atoms with Crippen molar-refractivity contribution in [2.24, 2.45) is 0 Å². The summed E-state index contributed by atoms with van der Waals surface area (Å²) in [4.78, 5) is 11.3. The molecule has 0 unspecified atom stereocenters. The Morgan fingerprint density at radius 1 is 1.06 bits per heavy atom. The summed E-state index contributed by atoms with van der Waals surface area (Å²) in [5.74, 6) is -2.41. The first-order chi connectivity index (χ1) is 15.3. The second-order valence-corrected chi connectivity index (χ2v) is 8.05. The number of halogens is 2. The van der Waals surface area contributed by atoms with E-state index in [2.05, 4.69) is 10.2 Å². The monoisotopic (exact) mass is 431 g/mol. The predicted octanol–water partition coefficient (Wildman–Crippen LogP) is 6.27. The summed E-state index contributed by atoms with van der Waals surface area (Å²) in [7, 11) is 0. The molecular formula is C25H19F2N3O2. The SMILES string of the molecule is CC(C)c1c(-c2ccc(C(=O)O)c(F)c2)c2cc3[nH]ncc3cc2n1-c1ccc(F)cc1. The van der Waals surface area contributed by atoms with E-state index in [4.69, 9.17) is 0 Å². The number of hydrogen-bond donors (Lipinski definition) is 2. The van der Waals surface area contributed by atoms with E-state index >= 15 is 0 Å². The van der Waals surface area contributed by atoms with Crippen molar-refractivity contribution in [2.75, 3.05) is 0 Å². The van der Waals surface area contributed by atoms with Crippen molar-refractivity contribution >= 4 is 27.8 Å². The predicted molar refractivity (Wildman–Crippen MR) is 119 cm³/mol. The summed E-state index contributed by atoms with van der Waals surface area (Å²) >= 11 is 0. The maximum atomic E-state index is 14.7. The van der Waals surface area contributed by atoms with Crippen LogP contribution in [0.1, 0.15) is 35.8 Å². The number of aromatic carboxylic acids is 1. The summed E-state index contributed by atoms with van der Waals surface area (Å²) in [6.45, 7) is 4.07. The Kier molecular flexibility index (Phi) is 4.55. The highest BCUT2D eigenvalue weighted by Crippen LogP contribution is 2.42. The van der Waals surface area contributed by atoms with Crippen LogP contribution in [0.15, 0.2) is 60.8 Å². The van der Waals surface area contributed by atoms with Gasteiger partial charge in [0, 0.05) is 27.7 Å². The van der Waals surface area contributed by atoms with Crippen LogP contribution >= 0.6 is 0 Å². The maximum absolute atomic E-state index is 14.7. The van der Waals surface area contributed by atoms with Crippen molar-refractivity contribution in [2.45, 2.75) is 19.8 Å². The molecule has 3 aromatic carbocycles. The summed E-state index contributed by atoms with van der Waals surface area (Å²) in [5.41, 5.74) is 4.37. The van der Waals surface area contributed by atoms with Crippen molar-refractivity contribution < 1.29 is 18.7 Å². The van der Waals surface area contributed by atoms with Crippen LogP contribution in [0.4, 0.5) is 8.78 Å². The van der Waals surface area contributed by atoms with Gasteiger partial charge in [0.15, 0.2) is 0 Å². The maximum Gasteiger partial charge on any atom is 0.338 e. The number of nitrogens with zero attached hydrogens (tertiary/aromatic N) is 2. The van der Waals surface area contributed by atoms with Gasteiger partial charge in [-0.3, -0.25) is 5.10 Å². The lowest BCUT2D eigenvalue weighted by molar-refractivity contribution is 0.0692. The molecule has 0 saturated carbocycles. The minimum Gasteiger partial charge on any atom is -0.478 e. The number of carboxylic acids is 1. The number of benzene rings is 3. The van der Waals surface area contributed by atoms with Crippen LogP contribution in [0, 0.1) is 11.6 Å². The third kappa shape index (κ3) is 3.05. The number of H-pyrrole nitrogens is 1. The Hall–Kier alpha value is -4.00. The topological polar surface area (TPSA) is 70.9 Å². The molecule has 7 heteroatoms. The minimum atomic E-state index is -1.31. The van der Waals surface area contributed by atoms with E-state index in [1.807, 2.05) is 30.5 Å². The van der Waals surface area contributed by atoms with Crippen LogP contribution in [-0.2, 0) is 0 Å². The van der Waals surface area contributed by atoms with Gasteiger partial charge in [0.2, 0.25) is 0 Å². The molecular weight excluding hydrogens is 412 g/mol. The number of carboxylic acid groups (broad SMARTS) is 1. The first kappa shape index (κ1) is 19.9. The zero-order valence-electron chi connectivity index (χ0n) is 17.4. The van der Waals surface area contributed by atoms with Gasteiger partial charge in [-0.25, -0.2) is 13.6 Å². The number of hydrogen-bond acceptors (Lipinski definition) is 2. The lowest BCUT2D eigenvalue weighted by atomic mass is 9.95. The summed E-state index contributed by atoms with van der Waals surface area (Å²) < 4.78 is 30.3. The smallest absolute Gasteiger partial charge is 0.338 e. The third-order valence-corrected chi connectivity index (χ3v) is 5.68. The fraction of sp³-hybridized carbons (Fsp3) is 0.120. The van der Waals surface area contributed by atoms with Crippen LogP contribution in [0.5, 0.6) is 0 Å². The molecule has 2 heterocycles. The molecule has 2 N–H and O–H groups in total. The normalized spacial score (nSPS) is 11.7. The second-order valence-electron chi connectivity index (χ2n) is 8.05. The molecule has 0 aliphatic rings. The Morgan fingerprint density at radius 2 is 1.81 bits per heavy atom. The van der Waals surface area contributed by atoms with Gasteiger partial charge in [0.25, 0.3) is 0 Å². The van der Waals surface area contributed by atoms with E-state index in [0.717, 1.165) is 38.8 Å². The third-order valence-electron chi connectivity index (χ3n) is 5.68.